The molecule has 1 aliphatic heterocycles. The van der Waals surface area contributed by atoms with Crippen LogP contribution in [0.25, 0.3) is 0 Å². The lowest BCUT2D eigenvalue weighted by Gasteiger charge is -2.32. The van der Waals surface area contributed by atoms with Gasteiger partial charge in [-0.15, -0.1) is 0 Å². The fourth-order valence-electron chi connectivity index (χ4n) is 2.90. The summed E-state index contributed by atoms with van der Waals surface area (Å²) in [5.41, 5.74) is 0. The van der Waals surface area contributed by atoms with E-state index < -0.39 is 0 Å². The summed E-state index contributed by atoms with van der Waals surface area (Å²) in [6, 6.07) is -0.0375. The van der Waals surface area contributed by atoms with Crippen molar-refractivity contribution in [3.8, 4) is 0 Å². The van der Waals surface area contributed by atoms with Crippen LogP contribution in [0.1, 0.15) is 33.6 Å². The zero-order valence-electron chi connectivity index (χ0n) is 14.9. The van der Waals surface area contributed by atoms with E-state index in [-0.39, 0.29) is 23.9 Å². The summed E-state index contributed by atoms with van der Waals surface area (Å²) in [5, 5.41) is 5.98. The predicted molar refractivity (Wildman–Crippen MR) is 92.4 cm³/mol. The summed E-state index contributed by atoms with van der Waals surface area (Å²) in [6.07, 6.45) is 7.04. The fraction of sp³-hybridized carbons (Fsp3) is 0.706. The van der Waals surface area contributed by atoms with Gasteiger partial charge in [0.15, 0.2) is 0 Å². The normalized spacial score (nSPS) is 19.2. The fourth-order valence-corrected chi connectivity index (χ4v) is 2.90. The van der Waals surface area contributed by atoms with Crippen LogP contribution in [-0.2, 0) is 11.3 Å². The van der Waals surface area contributed by atoms with Crippen molar-refractivity contribution < 1.29 is 9.59 Å². The number of carbonyl (C=O) groups excluding carboxylic acids is 2. The quantitative estimate of drug-likeness (QED) is 0.826. The second-order valence-electron chi connectivity index (χ2n) is 7.03. The van der Waals surface area contributed by atoms with Crippen LogP contribution >= 0.6 is 0 Å². The minimum atomic E-state index is -0.131. The number of nitrogens with zero attached hydrogens (tertiary/aromatic N) is 3. The summed E-state index contributed by atoms with van der Waals surface area (Å²) in [6.45, 7) is 8.67. The molecule has 2 atom stereocenters. The maximum absolute atomic E-state index is 12.5. The molecule has 0 bridgehead atoms. The number of hydrogen-bond donors (Lipinski definition) is 2. The van der Waals surface area contributed by atoms with Crippen LogP contribution in [-0.4, -0.2) is 52.1 Å². The van der Waals surface area contributed by atoms with E-state index in [1.54, 1.807) is 17.4 Å². The zero-order chi connectivity index (χ0) is 17.5. The first kappa shape index (κ1) is 18.3. The first-order chi connectivity index (χ1) is 11.5. The highest BCUT2D eigenvalue weighted by molar-refractivity contribution is 5.81. The molecule has 134 valence electrons. The van der Waals surface area contributed by atoms with Crippen molar-refractivity contribution in [1.29, 1.82) is 0 Å². The first-order valence-corrected chi connectivity index (χ1v) is 8.74. The molecule has 2 rings (SSSR count). The molecule has 0 aliphatic carbocycles. The minimum absolute atomic E-state index is 0.0249. The Morgan fingerprint density at radius 1 is 1.33 bits per heavy atom. The van der Waals surface area contributed by atoms with Gasteiger partial charge < -0.3 is 20.1 Å². The molecule has 3 amide bonds. The van der Waals surface area contributed by atoms with Crippen LogP contribution in [0.3, 0.4) is 0 Å². The van der Waals surface area contributed by atoms with E-state index in [4.69, 9.17) is 0 Å². The van der Waals surface area contributed by atoms with Crippen LogP contribution in [0.2, 0.25) is 0 Å². The van der Waals surface area contributed by atoms with Gasteiger partial charge in [-0.2, -0.15) is 0 Å². The number of rotatable bonds is 6. The molecular formula is C17H29N5O2. The average Bonchev–Trinajstić information content (AvgIpc) is 3.05. The molecule has 1 aliphatic rings. The third kappa shape index (κ3) is 5.54. The highest BCUT2D eigenvalue weighted by Gasteiger charge is 2.28. The maximum atomic E-state index is 12.5. The van der Waals surface area contributed by atoms with Crippen molar-refractivity contribution in [2.24, 2.45) is 11.8 Å². The Labute approximate surface area is 143 Å². The lowest BCUT2D eigenvalue weighted by molar-refractivity contribution is -0.127. The molecule has 7 heteroatoms. The third-order valence-electron chi connectivity index (χ3n) is 4.17. The van der Waals surface area contributed by atoms with Crippen LogP contribution in [0, 0.1) is 11.8 Å². The summed E-state index contributed by atoms with van der Waals surface area (Å²) >= 11 is 0. The number of imidazole rings is 1. The van der Waals surface area contributed by atoms with Crippen molar-refractivity contribution in [2.75, 3.05) is 19.6 Å². The number of carbonyl (C=O) groups is 2. The van der Waals surface area contributed by atoms with Gasteiger partial charge >= 0.3 is 6.03 Å². The first-order valence-electron chi connectivity index (χ1n) is 8.74. The van der Waals surface area contributed by atoms with Gasteiger partial charge in [0, 0.05) is 44.6 Å². The van der Waals surface area contributed by atoms with Crippen molar-refractivity contribution in [2.45, 2.75) is 46.2 Å². The smallest absolute Gasteiger partial charge is 0.317 e. The highest BCUT2D eigenvalue weighted by Crippen LogP contribution is 2.17. The molecule has 0 aromatic carbocycles. The Hall–Kier alpha value is -2.05. The number of aromatic nitrogens is 2. The molecule has 1 aromatic heterocycles. The molecule has 1 saturated heterocycles. The molecule has 0 radical (unpaired) electrons. The number of amides is 3. The van der Waals surface area contributed by atoms with E-state index >= 15 is 0 Å². The number of piperidine rings is 1. The number of nitrogens with one attached hydrogen (secondary N) is 2. The van der Waals surface area contributed by atoms with E-state index in [1.165, 1.54) is 0 Å². The number of urea groups is 1. The van der Waals surface area contributed by atoms with Crippen LogP contribution in [0.5, 0.6) is 0 Å². The Bertz CT molecular complexity index is 529. The Kier molecular flexibility index (Phi) is 6.63. The molecule has 24 heavy (non-hydrogen) atoms. The molecule has 1 aromatic rings. The van der Waals surface area contributed by atoms with E-state index in [0.29, 0.717) is 25.6 Å². The Morgan fingerprint density at radius 3 is 2.79 bits per heavy atom. The van der Waals surface area contributed by atoms with Gasteiger partial charge in [0.25, 0.3) is 0 Å². The second kappa shape index (κ2) is 8.70. The number of likely N-dealkylation sites (tertiary alicyclic amines) is 1. The third-order valence-corrected chi connectivity index (χ3v) is 4.17. The summed E-state index contributed by atoms with van der Waals surface area (Å²) < 4.78 is 1.94. The lowest BCUT2D eigenvalue weighted by atomic mass is 9.97. The molecule has 2 N–H and O–H groups in total. The molecular weight excluding hydrogens is 306 g/mol. The topological polar surface area (TPSA) is 79.3 Å². The largest absolute Gasteiger partial charge is 0.352 e. The Morgan fingerprint density at radius 2 is 2.12 bits per heavy atom. The summed E-state index contributed by atoms with van der Waals surface area (Å²) in [5.74, 6) is 0.319. The van der Waals surface area contributed by atoms with E-state index in [9.17, 15) is 9.59 Å². The van der Waals surface area contributed by atoms with Crippen molar-refractivity contribution in [1.82, 2.24) is 25.1 Å². The van der Waals surface area contributed by atoms with E-state index in [0.717, 1.165) is 19.4 Å². The predicted octanol–water partition coefficient (Wildman–Crippen LogP) is 1.47. The van der Waals surface area contributed by atoms with Gasteiger partial charge in [0.05, 0.1) is 12.2 Å². The monoisotopic (exact) mass is 335 g/mol. The zero-order valence-corrected chi connectivity index (χ0v) is 14.9. The maximum Gasteiger partial charge on any atom is 0.317 e. The van der Waals surface area contributed by atoms with Gasteiger partial charge in [0.2, 0.25) is 5.91 Å². The van der Waals surface area contributed by atoms with Crippen LogP contribution < -0.4 is 10.6 Å². The summed E-state index contributed by atoms with van der Waals surface area (Å²) in [7, 11) is 0. The molecule has 0 spiro atoms. The van der Waals surface area contributed by atoms with Gasteiger partial charge in [0.1, 0.15) is 0 Å². The molecule has 2 heterocycles. The van der Waals surface area contributed by atoms with Crippen molar-refractivity contribution >= 4 is 11.9 Å². The molecule has 0 saturated carbocycles. The van der Waals surface area contributed by atoms with Crippen molar-refractivity contribution in [3.05, 3.63) is 18.7 Å². The van der Waals surface area contributed by atoms with E-state index in [2.05, 4.69) is 29.5 Å². The van der Waals surface area contributed by atoms with E-state index in [1.807, 2.05) is 17.7 Å². The molecule has 0 unspecified atom stereocenters. The number of hydrogen-bond acceptors (Lipinski definition) is 3. The van der Waals surface area contributed by atoms with Crippen LogP contribution in [0.4, 0.5) is 4.79 Å². The van der Waals surface area contributed by atoms with Crippen molar-refractivity contribution in [3.63, 3.8) is 0 Å². The molecule has 7 nitrogen and oxygen atoms in total. The van der Waals surface area contributed by atoms with Gasteiger partial charge in [-0.3, -0.25) is 4.79 Å². The second-order valence-corrected chi connectivity index (χ2v) is 7.03. The average molecular weight is 335 g/mol. The van der Waals surface area contributed by atoms with Gasteiger partial charge in [-0.1, -0.05) is 13.8 Å². The molecule has 1 fully saturated rings. The standard InChI is InChI=1S/C17H29N5O2/c1-13(2)9-19-17(24)22-7-4-5-15(11-22)16(23)20-14(3)10-21-8-6-18-12-21/h6,8,12-15H,4-5,7,9-11H2,1-3H3,(H,19,24)(H,20,23)/t14-,15-/m1/s1. The van der Waals surface area contributed by atoms with Gasteiger partial charge in [-0.25, -0.2) is 9.78 Å². The lowest BCUT2D eigenvalue weighted by Crippen LogP contribution is -2.50. The highest BCUT2D eigenvalue weighted by atomic mass is 16.2. The minimum Gasteiger partial charge on any atom is -0.352 e. The SMILES string of the molecule is CC(C)CNC(=O)N1CCC[C@@H](C(=O)N[C@H](C)Cn2ccnc2)C1. The summed E-state index contributed by atoms with van der Waals surface area (Å²) in [4.78, 5) is 30.4. The van der Waals surface area contributed by atoms with Gasteiger partial charge in [-0.05, 0) is 25.7 Å². The van der Waals surface area contributed by atoms with Crippen LogP contribution in [0.15, 0.2) is 18.7 Å². The Balaban J connectivity index is 1.80.